The lowest BCUT2D eigenvalue weighted by molar-refractivity contribution is -0.295. The van der Waals surface area contributed by atoms with Crippen molar-refractivity contribution >= 4 is 11.8 Å². The lowest BCUT2D eigenvalue weighted by atomic mass is 9.75. The molecule has 2 rings (SSSR count). The van der Waals surface area contributed by atoms with Gasteiger partial charge in [0.15, 0.2) is 6.29 Å². The normalized spacial score (nSPS) is 50.3. The molecule has 38 heavy (non-hydrogen) atoms. The summed E-state index contributed by atoms with van der Waals surface area (Å²) in [6, 6.07) is 0. The van der Waals surface area contributed by atoms with Gasteiger partial charge in [-0.1, -0.05) is 34.6 Å². The molecule has 0 spiro atoms. The first-order valence-electron chi connectivity index (χ1n) is 13.9. The Bertz CT molecular complexity index is 813. The van der Waals surface area contributed by atoms with Crippen molar-refractivity contribution in [2.45, 2.75) is 136 Å². The third kappa shape index (κ3) is 7.13. The third-order valence-corrected chi connectivity index (χ3v) is 8.82. The molecule has 0 bridgehead atoms. The molecule has 2 heterocycles. The first-order valence-corrected chi connectivity index (χ1v) is 13.9. The van der Waals surface area contributed by atoms with Gasteiger partial charge in [-0.15, -0.1) is 0 Å². The van der Waals surface area contributed by atoms with E-state index in [4.69, 9.17) is 14.2 Å². The fourth-order valence-corrected chi connectivity index (χ4v) is 6.11. The molecule has 2 saturated heterocycles. The molecule has 5 N–H and O–H groups in total. The number of ether oxygens (including phenoxy) is 3. The number of cyclic esters (lactones) is 1. The Hall–Kier alpha value is -1.14. The summed E-state index contributed by atoms with van der Waals surface area (Å²) in [5, 5.41) is 54.5. The van der Waals surface area contributed by atoms with Crippen molar-refractivity contribution < 1.29 is 49.3 Å². The van der Waals surface area contributed by atoms with Crippen LogP contribution in [-0.2, 0) is 23.8 Å². The summed E-state index contributed by atoms with van der Waals surface area (Å²) in [6.07, 6.45) is -6.81. The summed E-state index contributed by atoms with van der Waals surface area (Å²) in [7, 11) is 0. The molecular formula is C28H50O10. The van der Waals surface area contributed by atoms with Gasteiger partial charge in [0, 0.05) is 30.1 Å². The number of aliphatic hydroxyl groups is 5. The van der Waals surface area contributed by atoms with Crippen molar-refractivity contribution in [3.63, 3.8) is 0 Å². The van der Waals surface area contributed by atoms with Crippen LogP contribution in [0.4, 0.5) is 0 Å². The molecule has 0 aromatic heterocycles. The first kappa shape index (κ1) is 33.1. The summed E-state index contributed by atoms with van der Waals surface area (Å²) in [6.45, 7) is 14.6. The Morgan fingerprint density at radius 2 is 1.42 bits per heavy atom. The Balaban J connectivity index is 2.49. The van der Waals surface area contributed by atoms with Gasteiger partial charge < -0.3 is 39.7 Å². The van der Waals surface area contributed by atoms with Crippen LogP contribution in [-0.4, -0.2) is 91.4 Å². The number of esters is 1. The van der Waals surface area contributed by atoms with Gasteiger partial charge in [-0.05, 0) is 40.5 Å². The average molecular weight is 547 g/mol. The second kappa shape index (κ2) is 12.6. The van der Waals surface area contributed by atoms with Crippen LogP contribution in [0.5, 0.6) is 0 Å². The number of aliphatic hydroxyl groups excluding tert-OH is 3. The van der Waals surface area contributed by atoms with Gasteiger partial charge in [0.2, 0.25) is 0 Å². The van der Waals surface area contributed by atoms with Crippen molar-refractivity contribution in [2.75, 3.05) is 0 Å². The zero-order valence-corrected chi connectivity index (χ0v) is 24.3. The lowest BCUT2D eigenvalue weighted by Gasteiger charge is -2.45. The maximum absolute atomic E-state index is 13.4. The van der Waals surface area contributed by atoms with E-state index in [-0.39, 0.29) is 18.6 Å². The van der Waals surface area contributed by atoms with Crippen LogP contribution < -0.4 is 0 Å². The standard InChI is InChI=1S/C28H50O10/c1-10-19-14(3)22(30)15(4)21(29)13(2)11-27(8,34)24(31)16(5)23(17(6)26(33)37-19)38-20-12-28(9,35)25(32)18(7)36-20/h13-20,22-25,30-32,34-35H,10-12H2,1-9H3/t13-,14-,15-,16-,17+,18+,19-,20-,22+,23+,24-,25-,27-,28-/m1/s1. The minimum absolute atomic E-state index is 0.0661. The van der Waals surface area contributed by atoms with E-state index in [1.807, 2.05) is 6.92 Å². The monoisotopic (exact) mass is 546 g/mol. The number of ketones is 1. The van der Waals surface area contributed by atoms with Crippen molar-refractivity contribution in [2.24, 2.45) is 29.6 Å². The summed E-state index contributed by atoms with van der Waals surface area (Å²) in [5.41, 5.74) is -3.24. The molecule has 2 aliphatic rings. The number of carbonyl (C=O) groups is 2. The summed E-state index contributed by atoms with van der Waals surface area (Å²) in [4.78, 5) is 26.5. The Morgan fingerprint density at radius 3 is 1.95 bits per heavy atom. The highest BCUT2D eigenvalue weighted by Crippen LogP contribution is 2.37. The van der Waals surface area contributed by atoms with E-state index < -0.39 is 89.7 Å². The topological polar surface area (TPSA) is 163 Å². The molecule has 222 valence electrons. The first-order chi connectivity index (χ1) is 17.3. The van der Waals surface area contributed by atoms with Crippen molar-refractivity contribution in [1.29, 1.82) is 0 Å². The molecular weight excluding hydrogens is 496 g/mol. The summed E-state index contributed by atoms with van der Waals surface area (Å²) in [5.74, 6) is -4.59. The van der Waals surface area contributed by atoms with Crippen molar-refractivity contribution in [3.8, 4) is 0 Å². The van der Waals surface area contributed by atoms with Crippen LogP contribution in [0.15, 0.2) is 0 Å². The largest absolute Gasteiger partial charge is 0.462 e. The number of rotatable bonds is 3. The number of carbonyl (C=O) groups excluding carboxylic acids is 2. The predicted octanol–water partition coefficient (Wildman–Crippen LogP) is 1.57. The summed E-state index contributed by atoms with van der Waals surface area (Å²) >= 11 is 0. The highest BCUT2D eigenvalue weighted by molar-refractivity contribution is 5.83. The molecule has 0 aromatic carbocycles. The Kier molecular flexibility index (Phi) is 10.9. The van der Waals surface area contributed by atoms with Gasteiger partial charge in [-0.3, -0.25) is 9.59 Å². The van der Waals surface area contributed by atoms with Crippen LogP contribution in [0.3, 0.4) is 0 Å². The third-order valence-electron chi connectivity index (χ3n) is 8.82. The maximum Gasteiger partial charge on any atom is 0.311 e. The smallest absolute Gasteiger partial charge is 0.311 e. The highest BCUT2D eigenvalue weighted by Gasteiger charge is 2.49. The fourth-order valence-electron chi connectivity index (χ4n) is 6.11. The second-order valence-electron chi connectivity index (χ2n) is 12.4. The molecule has 0 radical (unpaired) electrons. The second-order valence-corrected chi connectivity index (χ2v) is 12.4. The molecule has 0 saturated carbocycles. The van der Waals surface area contributed by atoms with Crippen LogP contribution >= 0.6 is 0 Å². The number of hydrogen-bond acceptors (Lipinski definition) is 10. The molecule has 10 nitrogen and oxygen atoms in total. The minimum Gasteiger partial charge on any atom is -0.462 e. The lowest BCUT2D eigenvalue weighted by Crippen LogP contribution is -2.57. The fraction of sp³-hybridized carbons (Fsp3) is 0.929. The quantitative estimate of drug-likeness (QED) is 0.328. The minimum atomic E-state index is -1.73. The van der Waals surface area contributed by atoms with E-state index >= 15 is 0 Å². The molecule has 0 unspecified atom stereocenters. The molecule has 10 heteroatoms. The van der Waals surface area contributed by atoms with Gasteiger partial charge in [0.25, 0.3) is 0 Å². The summed E-state index contributed by atoms with van der Waals surface area (Å²) < 4.78 is 17.8. The molecule has 14 atom stereocenters. The molecule has 0 aromatic rings. The zero-order valence-electron chi connectivity index (χ0n) is 24.3. The van der Waals surface area contributed by atoms with Crippen LogP contribution in [0.2, 0.25) is 0 Å². The van der Waals surface area contributed by atoms with E-state index in [0.29, 0.717) is 6.42 Å². The van der Waals surface area contributed by atoms with E-state index in [9.17, 15) is 35.1 Å². The SMILES string of the molecule is CC[C@H]1OC(=O)[C@@H](C)[C@@H](O[C@@H]2C[C@@](C)(O)[C@H](O)[C@H](C)O2)[C@@H](C)[C@@H](O)[C@](C)(O)C[C@@H](C)C(=O)[C@@H](C)[C@@H](O)[C@@H]1C. The van der Waals surface area contributed by atoms with E-state index in [1.165, 1.54) is 13.8 Å². The molecule has 2 fully saturated rings. The van der Waals surface area contributed by atoms with Crippen molar-refractivity contribution in [3.05, 3.63) is 0 Å². The molecule has 0 aliphatic carbocycles. The Labute approximate surface area is 226 Å². The molecule has 0 amide bonds. The van der Waals surface area contributed by atoms with Gasteiger partial charge in [0.05, 0.1) is 41.5 Å². The van der Waals surface area contributed by atoms with Crippen LogP contribution in [0.1, 0.15) is 81.6 Å². The highest BCUT2D eigenvalue weighted by atomic mass is 16.7. The Morgan fingerprint density at radius 1 is 0.868 bits per heavy atom. The average Bonchev–Trinajstić information content (AvgIpc) is 2.84. The number of Topliss-reactive ketones (excluding diaryl/α,β-unsaturated/α-hetero) is 1. The predicted molar refractivity (Wildman–Crippen MR) is 139 cm³/mol. The van der Waals surface area contributed by atoms with Crippen LogP contribution in [0, 0.1) is 29.6 Å². The van der Waals surface area contributed by atoms with E-state index in [2.05, 4.69) is 0 Å². The van der Waals surface area contributed by atoms with Gasteiger partial charge in [0.1, 0.15) is 18.0 Å². The van der Waals surface area contributed by atoms with Gasteiger partial charge in [-0.2, -0.15) is 0 Å². The van der Waals surface area contributed by atoms with E-state index in [0.717, 1.165) is 0 Å². The zero-order chi connectivity index (χ0) is 29.3. The van der Waals surface area contributed by atoms with Gasteiger partial charge in [-0.25, -0.2) is 0 Å². The number of hydrogen-bond donors (Lipinski definition) is 5. The van der Waals surface area contributed by atoms with Crippen LogP contribution in [0.25, 0.3) is 0 Å². The van der Waals surface area contributed by atoms with Gasteiger partial charge >= 0.3 is 5.97 Å². The van der Waals surface area contributed by atoms with E-state index in [1.54, 1.807) is 41.5 Å². The molecule has 2 aliphatic heterocycles. The van der Waals surface area contributed by atoms with Crippen molar-refractivity contribution in [1.82, 2.24) is 0 Å². The maximum atomic E-state index is 13.4.